The van der Waals surface area contributed by atoms with Crippen molar-refractivity contribution in [2.24, 2.45) is 0 Å². The van der Waals surface area contributed by atoms with Crippen LogP contribution < -0.4 is 5.73 Å². The highest BCUT2D eigenvalue weighted by Gasteiger charge is 2.06. The average Bonchev–Trinajstić information content (AvgIpc) is 2.52. The molecule has 0 aliphatic rings. The lowest BCUT2D eigenvalue weighted by molar-refractivity contribution is 0.667. The number of nitrogens with zero attached hydrogens (tertiary/aromatic N) is 1. The Bertz CT molecular complexity index is 762. The molecule has 21 heavy (non-hydrogen) atoms. The fourth-order valence-electron chi connectivity index (χ4n) is 2.88. The van der Waals surface area contributed by atoms with E-state index < -0.39 is 0 Å². The SMILES string of the molecule is CCCCCCc1ccc2c(N)c3ccccc3nc2c1. The Labute approximate surface area is 126 Å². The number of fused-ring (bicyclic) bond motifs is 2. The number of para-hydroxylation sites is 1. The summed E-state index contributed by atoms with van der Waals surface area (Å²) in [6, 6.07) is 14.6. The first-order valence-electron chi connectivity index (χ1n) is 7.86. The minimum absolute atomic E-state index is 0.841. The molecule has 1 heterocycles. The Morgan fingerprint density at radius 1 is 0.905 bits per heavy atom. The summed E-state index contributed by atoms with van der Waals surface area (Å²) in [5, 5.41) is 2.10. The Hall–Kier alpha value is -2.09. The smallest absolute Gasteiger partial charge is 0.0733 e. The summed E-state index contributed by atoms with van der Waals surface area (Å²) in [5.74, 6) is 0. The zero-order valence-corrected chi connectivity index (χ0v) is 12.6. The summed E-state index contributed by atoms with van der Waals surface area (Å²) in [6.45, 7) is 2.24. The molecule has 3 rings (SSSR count). The number of hydrogen-bond acceptors (Lipinski definition) is 2. The van der Waals surface area contributed by atoms with E-state index in [9.17, 15) is 0 Å². The van der Waals surface area contributed by atoms with E-state index >= 15 is 0 Å². The molecule has 0 aliphatic carbocycles. The molecule has 108 valence electrons. The van der Waals surface area contributed by atoms with Gasteiger partial charge in [0.25, 0.3) is 0 Å². The minimum Gasteiger partial charge on any atom is -0.398 e. The largest absolute Gasteiger partial charge is 0.398 e. The molecule has 2 N–H and O–H groups in total. The maximum Gasteiger partial charge on any atom is 0.0733 e. The lowest BCUT2D eigenvalue weighted by atomic mass is 10.0. The van der Waals surface area contributed by atoms with Crippen molar-refractivity contribution in [3.63, 3.8) is 0 Å². The molecular weight excluding hydrogens is 256 g/mol. The summed E-state index contributed by atoms with van der Waals surface area (Å²) in [6.07, 6.45) is 6.29. The standard InChI is InChI=1S/C19H22N2/c1-2-3-4-5-8-14-11-12-16-18(13-14)21-17-10-7-6-9-15(17)19(16)20/h6-7,9-13H,2-5,8H2,1H3,(H2,20,21). The van der Waals surface area contributed by atoms with Gasteiger partial charge >= 0.3 is 0 Å². The van der Waals surface area contributed by atoms with E-state index in [-0.39, 0.29) is 0 Å². The van der Waals surface area contributed by atoms with Gasteiger partial charge in [-0.15, -0.1) is 0 Å². The van der Waals surface area contributed by atoms with Gasteiger partial charge in [0.05, 0.1) is 16.7 Å². The van der Waals surface area contributed by atoms with Gasteiger partial charge in [0.15, 0.2) is 0 Å². The lowest BCUT2D eigenvalue weighted by Gasteiger charge is -2.08. The third-order valence-electron chi connectivity index (χ3n) is 4.11. The van der Waals surface area contributed by atoms with Crippen molar-refractivity contribution in [1.29, 1.82) is 0 Å². The number of pyridine rings is 1. The van der Waals surface area contributed by atoms with Crippen LogP contribution in [0.1, 0.15) is 38.2 Å². The van der Waals surface area contributed by atoms with Crippen LogP contribution in [0, 0.1) is 0 Å². The van der Waals surface area contributed by atoms with Gasteiger partial charge in [0.2, 0.25) is 0 Å². The van der Waals surface area contributed by atoms with Crippen LogP contribution in [0.15, 0.2) is 42.5 Å². The number of aromatic nitrogens is 1. The van der Waals surface area contributed by atoms with Crippen LogP contribution in [0.3, 0.4) is 0 Å². The summed E-state index contributed by atoms with van der Waals surface area (Å²) in [5.41, 5.74) is 10.5. The molecule has 0 spiro atoms. The second-order valence-corrected chi connectivity index (χ2v) is 5.70. The summed E-state index contributed by atoms with van der Waals surface area (Å²) in [7, 11) is 0. The molecule has 0 radical (unpaired) electrons. The van der Waals surface area contributed by atoms with Crippen molar-refractivity contribution < 1.29 is 0 Å². The highest BCUT2D eigenvalue weighted by molar-refractivity contribution is 6.06. The number of rotatable bonds is 5. The molecule has 3 aromatic rings. The van der Waals surface area contributed by atoms with Crippen molar-refractivity contribution in [2.75, 3.05) is 5.73 Å². The van der Waals surface area contributed by atoms with E-state index in [1.54, 1.807) is 0 Å². The molecule has 0 aliphatic heterocycles. The van der Waals surface area contributed by atoms with Crippen molar-refractivity contribution >= 4 is 27.5 Å². The number of nitrogens with two attached hydrogens (primary N) is 1. The van der Waals surface area contributed by atoms with Crippen LogP contribution >= 0.6 is 0 Å². The lowest BCUT2D eigenvalue weighted by Crippen LogP contribution is -1.94. The molecule has 0 unspecified atom stereocenters. The molecule has 0 saturated carbocycles. The Morgan fingerprint density at radius 2 is 1.71 bits per heavy atom. The summed E-state index contributed by atoms with van der Waals surface area (Å²) < 4.78 is 0. The van der Waals surface area contributed by atoms with E-state index in [1.807, 2.05) is 24.3 Å². The van der Waals surface area contributed by atoms with Crippen LogP contribution in [0.25, 0.3) is 21.8 Å². The molecule has 2 nitrogen and oxygen atoms in total. The number of benzene rings is 2. The van der Waals surface area contributed by atoms with Gasteiger partial charge in [-0.05, 0) is 30.5 Å². The molecule has 0 atom stereocenters. The fraction of sp³-hybridized carbons (Fsp3) is 0.316. The van der Waals surface area contributed by atoms with Crippen molar-refractivity contribution in [1.82, 2.24) is 4.98 Å². The highest BCUT2D eigenvalue weighted by atomic mass is 14.7. The van der Waals surface area contributed by atoms with Gasteiger partial charge in [-0.2, -0.15) is 0 Å². The predicted octanol–water partition coefficient (Wildman–Crippen LogP) is 5.09. The minimum atomic E-state index is 0.841. The molecular formula is C19H22N2. The third kappa shape index (κ3) is 2.85. The Kier molecular flexibility index (Phi) is 4.05. The molecule has 2 aromatic carbocycles. The van der Waals surface area contributed by atoms with E-state index in [0.29, 0.717) is 0 Å². The van der Waals surface area contributed by atoms with Gasteiger partial charge in [0.1, 0.15) is 0 Å². The quantitative estimate of drug-likeness (QED) is 0.521. The fourth-order valence-corrected chi connectivity index (χ4v) is 2.88. The van der Waals surface area contributed by atoms with E-state index in [2.05, 4.69) is 25.1 Å². The zero-order valence-electron chi connectivity index (χ0n) is 12.6. The van der Waals surface area contributed by atoms with Crippen molar-refractivity contribution in [3.05, 3.63) is 48.0 Å². The highest BCUT2D eigenvalue weighted by Crippen LogP contribution is 2.28. The van der Waals surface area contributed by atoms with Crippen LogP contribution in [0.5, 0.6) is 0 Å². The number of anilines is 1. The van der Waals surface area contributed by atoms with Gasteiger partial charge in [0, 0.05) is 10.8 Å². The van der Waals surface area contributed by atoms with E-state index in [0.717, 1.165) is 33.9 Å². The Balaban J connectivity index is 1.95. The Morgan fingerprint density at radius 3 is 2.57 bits per heavy atom. The maximum absolute atomic E-state index is 6.30. The first-order chi connectivity index (χ1) is 10.3. The molecule has 0 bridgehead atoms. The van der Waals surface area contributed by atoms with Crippen LogP contribution in [-0.4, -0.2) is 4.98 Å². The normalized spacial score (nSPS) is 11.3. The maximum atomic E-state index is 6.30. The van der Waals surface area contributed by atoms with Crippen LogP contribution in [0.2, 0.25) is 0 Å². The zero-order chi connectivity index (χ0) is 14.7. The van der Waals surface area contributed by atoms with Gasteiger partial charge < -0.3 is 5.73 Å². The molecule has 0 fully saturated rings. The van der Waals surface area contributed by atoms with Gasteiger partial charge in [-0.3, -0.25) is 0 Å². The monoisotopic (exact) mass is 278 g/mol. The third-order valence-corrected chi connectivity index (χ3v) is 4.11. The molecule has 1 aromatic heterocycles. The van der Waals surface area contributed by atoms with Crippen molar-refractivity contribution in [3.8, 4) is 0 Å². The molecule has 0 saturated heterocycles. The van der Waals surface area contributed by atoms with Gasteiger partial charge in [-0.25, -0.2) is 4.98 Å². The first-order valence-corrected chi connectivity index (χ1v) is 7.86. The molecule has 0 amide bonds. The van der Waals surface area contributed by atoms with Crippen LogP contribution in [-0.2, 0) is 6.42 Å². The van der Waals surface area contributed by atoms with Crippen molar-refractivity contribution in [2.45, 2.75) is 39.0 Å². The predicted molar refractivity (Wildman–Crippen MR) is 91.5 cm³/mol. The second kappa shape index (κ2) is 6.13. The van der Waals surface area contributed by atoms with E-state index in [1.165, 1.54) is 31.2 Å². The number of aryl methyl sites for hydroxylation is 1. The number of unbranched alkanes of at least 4 members (excludes halogenated alkanes) is 3. The molecule has 2 heteroatoms. The van der Waals surface area contributed by atoms with E-state index in [4.69, 9.17) is 10.7 Å². The number of hydrogen-bond donors (Lipinski definition) is 1. The average molecular weight is 278 g/mol. The second-order valence-electron chi connectivity index (χ2n) is 5.70. The topological polar surface area (TPSA) is 38.9 Å². The van der Waals surface area contributed by atoms with Crippen LogP contribution in [0.4, 0.5) is 5.69 Å². The summed E-state index contributed by atoms with van der Waals surface area (Å²) in [4.78, 5) is 4.76. The first kappa shape index (κ1) is 13.9. The summed E-state index contributed by atoms with van der Waals surface area (Å²) >= 11 is 0. The number of nitrogen functional groups attached to an aromatic ring is 1. The van der Waals surface area contributed by atoms with Gasteiger partial charge in [-0.1, -0.05) is 56.5 Å².